The number of nitrogens with zero attached hydrogens (tertiary/aromatic N) is 1. The van der Waals surface area contributed by atoms with Crippen molar-refractivity contribution in [2.24, 2.45) is 0 Å². The van der Waals surface area contributed by atoms with Gasteiger partial charge in [0, 0.05) is 12.1 Å². The quantitative estimate of drug-likeness (QED) is 0.941. The summed E-state index contributed by atoms with van der Waals surface area (Å²) in [4.78, 5) is 14.9. The van der Waals surface area contributed by atoms with Crippen LogP contribution in [-0.4, -0.2) is 31.8 Å². The van der Waals surface area contributed by atoms with E-state index in [1.54, 1.807) is 30.0 Å². The van der Waals surface area contributed by atoms with Crippen LogP contribution in [-0.2, 0) is 5.60 Å². The molecule has 1 N–H and O–H groups in total. The molecule has 2 aromatic rings. The number of rotatable bonds is 3. The summed E-state index contributed by atoms with van der Waals surface area (Å²) in [5, 5.41) is 10.6. The average molecular weight is 327 g/mol. The zero-order valence-corrected chi connectivity index (χ0v) is 14.1. The number of methoxy groups -OCH3 is 2. The molecule has 1 aliphatic rings. The fraction of sp³-hybridized carbons (Fsp3) is 0.316. The molecule has 0 aromatic heterocycles. The van der Waals surface area contributed by atoms with Gasteiger partial charge in [0.25, 0.3) is 5.91 Å². The Morgan fingerprint density at radius 1 is 1.08 bits per heavy atom. The van der Waals surface area contributed by atoms with E-state index in [0.717, 1.165) is 5.56 Å². The minimum atomic E-state index is -0.946. The van der Waals surface area contributed by atoms with Crippen LogP contribution in [0.2, 0.25) is 0 Å². The van der Waals surface area contributed by atoms with E-state index in [9.17, 15) is 9.90 Å². The average Bonchev–Trinajstić information content (AvgIpc) is 2.60. The van der Waals surface area contributed by atoms with Gasteiger partial charge in [0.1, 0.15) is 17.1 Å². The van der Waals surface area contributed by atoms with E-state index >= 15 is 0 Å². The number of amides is 1. The summed E-state index contributed by atoms with van der Waals surface area (Å²) >= 11 is 0. The Morgan fingerprint density at radius 3 is 2.33 bits per heavy atom. The van der Waals surface area contributed by atoms with Gasteiger partial charge in [0.15, 0.2) is 0 Å². The number of ether oxygens (including phenoxy) is 2. The predicted octanol–water partition coefficient (Wildman–Crippen LogP) is 2.96. The Labute approximate surface area is 141 Å². The first-order valence-corrected chi connectivity index (χ1v) is 7.84. The summed E-state index contributed by atoms with van der Waals surface area (Å²) in [6.45, 7) is 2.20. The zero-order chi connectivity index (χ0) is 17.3. The maximum Gasteiger partial charge on any atom is 0.265 e. The highest BCUT2D eigenvalue weighted by Crippen LogP contribution is 2.40. The number of benzene rings is 2. The molecule has 0 bridgehead atoms. The van der Waals surface area contributed by atoms with Crippen LogP contribution in [0.1, 0.15) is 29.3 Å². The SMILES string of the molecule is COc1cccc(OC)c1C(=O)N1CCC(C)(O)c2ccccc21. The summed E-state index contributed by atoms with van der Waals surface area (Å²) in [7, 11) is 3.06. The molecule has 3 rings (SSSR count). The molecule has 1 amide bonds. The summed E-state index contributed by atoms with van der Waals surface area (Å²) in [6.07, 6.45) is 0.465. The number of aliphatic hydroxyl groups is 1. The van der Waals surface area contributed by atoms with Gasteiger partial charge in [0.2, 0.25) is 0 Å². The number of anilines is 1. The van der Waals surface area contributed by atoms with Crippen LogP contribution >= 0.6 is 0 Å². The third kappa shape index (κ3) is 2.61. The van der Waals surface area contributed by atoms with Gasteiger partial charge in [-0.05, 0) is 31.5 Å². The standard InChI is InChI=1S/C19H21NO4/c1-19(22)11-12-20(14-8-5-4-7-13(14)19)18(21)17-15(23-2)9-6-10-16(17)24-3/h4-10,22H,11-12H2,1-3H3. The molecular weight excluding hydrogens is 306 g/mol. The second-order valence-corrected chi connectivity index (χ2v) is 6.04. The largest absolute Gasteiger partial charge is 0.496 e. The summed E-state index contributed by atoms with van der Waals surface area (Å²) in [5.74, 6) is 0.732. The normalized spacial score (nSPS) is 19.6. The minimum Gasteiger partial charge on any atom is -0.496 e. The number of carbonyl (C=O) groups excluding carboxylic acids is 1. The van der Waals surface area contributed by atoms with Crippen LogP contribution in [0.15, 0.2) is 42.5 Å². The van der Waals surface area contributed by atoms with Crippen molar-refractivity contribution < 1.29 is 19.4 Å². The van der Waals surface area contributed by atoms with Gasteiger partial charge in [-0.15, -0.1) is 0 Å². The molecular formula is C19H21NO4. The van der Waals surface area contributed by atoms with E-state index in [0.29, 0.717) is 35.7 Å². The minimum absolute atomic E-state index is 0.202. The first-order chi connectivity index (χ1) is 11.5. The monoisotopic (exact) mass is 327 g/mol. The molecule has 0 saturated carbocycles. The van der Waals surface area contributed by atoms with Crippen molar-refractivity contribution in [3.63, 3.8) is 0 Å². The molecule has 5 nitrogen and oxygen atoms in total. The molecule has 2 aromatic carbocycles. The Hall–Kier alpha value is -2.53. The third-order valence-corrected chi connectivity index (χ3v) is 4.48. The van der Waals surface area contributed by atoms with Crippen molar-refractivity contribution in [3.05, 3.63) is 53.6 Å². The van der Waals surface area contributed by atoms with Crippen molar-refractivity contribution in [1.82, 2.24) is 0 Å². The second-order valence-electron chi connectivity index (χ2n) is 6.04. The van der Waals surface area contributed by atoms with Gasteiger partial charge in [0.05, 0.1) is 25.5 Å². The van der Waals surface area contributed by atoms with Crippen molar-refractivity contribution >= 4 is 11.6 Å². The zero-order valence-electron chi connectivity index (χ0n) is 14.1. The molecule has 24 heavy (non-hydrogen) atoms. The highest BCUT2D eigenvalue weighted by Gasteiger charge is 2.36. The molecule has 0 aliphatic carbocycles. The number of hydrogen-bond donors (Lipinski definition) is 1. The number of hydrogen-bond acceptors (Lipinski definition) is 4. The van der Waals surface area contributed by atoms with Crippen molar-refractivity contribution in [2.75, 3.05) is 25.7 Å². The Kier molecular flexibility index (Phi) is 4.20. The highest BCUT2D eigenvalue weighted by atomic mass is 16.5. The lowest BCUT2D eigenvalue weighted by atomic mass is 9.87. The molecule has 0 fully saturated rings. The summed E-state index contributed by atoms with van der Waals surface area (Å²) in [5.41, 5.74) is 0.905. The molecule has 0 saturated heterocycles. The first kappa shape index (κ1) is 16.3. The molecule has 1 aliphatic heterocycles. The van der Waals surface area contributed by atoms with Gasteiger partial charge in [-0.2, -0.15) is 0 Å². The van der Waals surface area contributed by atoms with Crippen LogP contribution in [0, 0.1) is 0 Å². The van der Waals surface area contributed by atoms with Crippen molar-refractivity contribution in [3.8, 4) is 11.5 Å². The maximum atomic E-state index is 13.2. The number of fused-ring (bicyclic) bond motifs is 1. The Morgan fingerprint density at radius 2 is 1.71 bits per heavy atom. The van der Waals surface area contributed by atoms with Crippen molar-refractivity contribution in [1.29, 1.82) is 0 Å². The van der Waals surface area contributed by atoms with Crippen LogP contribution in [0.25, 0.3) is 0 Å². The van der Waals surface area contributed by atoms with E-state index in [1.807, 2.05) is 24.3 Å². The Bertz CT molecular complexity index is 747. The van der Waals surface area contributed by atoms with Crippen molar-refractivity contribution in [2.45, 2.75) is 18.9 Å². The molecule has 5 heteroatoms. The smallest absolute Gasteiger partial charge is 0.265 e. The predicted molar refractivity (Wildman–Crippen MR) is 91.9 cm³/mol. The van der Waals surface area contributed by atoms with Crippen LogP contribution in [0.4, 0.5) is 5.69 Å². The van der Waals surface area contributed by atoms with Gasteiger partial charge in [-0.1, -0.05) is 24.3 Å². The van der Waals surface area contributed by atoms with E-state index in [2.05, 4.69) is 0 Å². The van der Waals surface area contributed by atoms with E-state index in [1.165, 1.54) is 14.2 Å². The van der Waals surface area contributed by atoms with Gasteiger partial charge in [-0.25, -0.2) is 0 Å². The lowest BCUT2D eigenvalue weighted by molar-refractivity contribution is 0.0450. The third-order valence-electron chi connectivity index (χ3n) is 4.48. The maximum absolute atomic E-state index is 13.2. The topological polar surface area (TPSA) is 59.0 Å². The fourth-order valence-electron chi connectivity index (χ4n) is 3.16. The molecule has 0 spiro atoms. The molecule has 126 valence electrons. The molecule has 0 radical (unpaired) electrons. The lowest BCUT2D eigenvalue weighted by Gasteiger charge is -2.38. The Balaban J connectivity index is 2.10. The molecule has 1 atom stereocenters. The van der Waals surface area contributed by atoms with Gasteiger partial charge >= 0.3 is 0 Å². The van der Waals surface area contributed by atoms with Gasteiger partial charge in [-0.3, -0.25) is 4.79 Å². The lowest BCUT2D eigenvalue weighted by Crippen LogP contribution is -2.42. The van der Waals surface area contributed by atoms with E-state index in [-0.39, 0.29) is 5.91 Å². The van der Waals surface area contributed by atoms with Gasteiger partial charge < -0.3 is 19.5 Å². The van der Waals surface area contributed by atoms with Crippen LogP contribution in [0.5, 0.6) is 11.5 Å². The summed E-state index contributed by atoms with van der Waals surface area (Å²) in [6, 6.07) is 12.7. The summed E-state index contributed by atoms with van der Waals surface area (Å²) < 4.78 is 10.7. The molecule has 1 heterocycles. The first-order valence-electron chi connectivity index (χ1n) is 7.84. The van der Waals surface area contributed by atoms with E-state index < -0.39 is 5.60 Å². The number of para-hydroxylation sites is 1. The van der Waals surface area contributed by atoms with Crippen LogP contribution in [0.3, 0.4) is 0 Å². The second kappa shape index (κ2) is 6.17. The van der Waals surface area contributed by atoms with Crippen LogP contribution < -0.4 is 14.4 Å². The van der Waals surface area contributed by atoms with E-state index in [4.69, 9.17) is 9.47 Å². The molecule has 1 unspecified atom stereocenters. The number of carbonyl (C=O) groups is 1. The highest BCUT2D eigenvalue weighted by molar-refractivity contribution is 6.10. The fourth-order valence-corrected chi connectivity index (χ4v) is 3.16.